The number of phenolic OH excluding ortho intramolecular Hbond substituents is 2. The van der Waals surface area contributed by atoms with Gasteiger partial charge in [0.1, 0.15) is 23.6 Å². The van der Waals surface area contributed by atoms with Crippen LogP contribution >= 0.6 is 0 Å². The van der Waals surface area contributed by atoms with Crippen molar-refractivity contribution in [2.45, 2.75) is 68.0 Å². The van der Waals surface area contributed by atoms with Crippen LogP contribution in [-0.4, -0.2) is 145 Å². The molecule has 13 atom stereocenters. The van der Waals surface area contributed by atoms with Crippen LogP contribution in [0.3, 0.4) is 0 Å². The molecule has 6 aliphatic rings. The maximum absolute atomic E-state index is 14.1. The number of benzene rings is 2. The van der Waals surface area contributed by atoms with Crippen molar-refractivity contribution in [3.63, 3.8) is 0 Å². The number of amides is 1. The topological polar surface area (TPSA) is 313 Å². The molecule has 0 heterocycles. The number of hydrogen-bond donors (Lipinski definition) is 7. The number of Topliss-reactive ketones (excluding diaryl/α,β-unsaturated/α-hetero) is 8. The molecule has 0 saturated heterocycles. The number of aromatic hydroxyl groups is 2. The number of aliphatic hydroxyl groups is 3. The Morgan fingerprint density at radius 2 is 1.09 bits per heavy atom. The van der Waals surface area contributed by atoms with Crippen LogP contribution in [-0.2, 0) is 46.4 Å². The Labute approximate surface area is 377 Å². The van der Waals surface area contributed by atoms with Gasteiger partial charge in [-0.1, -0.05) is 23.7 Å². The van der Waals surface area contributed by atoms with Crippen LogP contribution in [0.15, 0.2) is 24.3 Å². The molecule has 6 aliphatic carbocycles. The second kappa shape index (κ2) is 16.3. The number of likely N-dealkylation sites (N-methyl/N-ethyl adjacent to an activating group) is 2. The average Bonchev–Trinajstić information content (AvgIpc) is 3.22. The van der Waals surface area contributed by atoms with E-state index in [4.69, 9.17) is 11.5 Å². The highest BCUT2D eigenvalue weighted by Crippen LogP contribution is 2.53. The lowest BCUT2D eigenvalue weighted by molar-refractivity contribution is -0.185. The minimum Gasteiger partial charge on any atom is -0.507 e. The Kier molecular flexibility index (Phi) is 11.4. The molecule has 9 N–H and O–H groups in total. The maximum Gasteiger partial charge on any atom is 0.235 e. The number of phenols is 2. The third kappa shape index (κ3) is 6.53. The van der Waals surface area contributed by atoms with Gasteiger partial charge in [0.05, 0.1) is 35.0 Å². The van der Waals surface area contributed by atoms with E-state index < -0.39 is 141 Å². The van der Waals surface area contributed by atoms with Gasteiger partial charge < -0.3 is 37.0 Å². The number of nitrogens with zero attached hydrogens (tertiary/aromatic N) is 2. The van der Waals surface area contributed by atoms with Crippen molar-refractivity contribution < 1.29 is 68.7 Å². The summed E-state index contributed by atoms with van der Waals surface area (Å²) in [6.07, 6.45) is -1.75. The first-order chi connectivity index (χ1) is 31.0. The van der Waals surface area contributed by atoms with Crippen LogP contribution in [0.2, 0.25) is 0 Å². The number of primary amides is 1. The first-order valence-electron chi connectivity index (χ1n) is 21.5. The van der Waals surface area contributed by atoms with Crippen LogP contribution in [0, 0.1) is 71.0 Å². The average molecular weight is 905 g/mol. The summed E-state index contributed by atoms with van der Waals surface area (Å²) in [7, 11) is 6.05. The summed E-state index contributed by atoms with van der Waals surface area (Å²) < 4.78 is 0. The number of rotatable bonds is 5. The molecule has 18 nitrogen and oxygen atoms in total. The summed E-state index contributed by atoms with van der Waals surface area (Å²) in [6.45, 7) is 0. The molecule has 4 fully saturated rings. The molecule has 344 valence electrons. The lowest BCUT2D eigenvalue weighted by Crippen LogP contribution is -2.74. The molecule has 66 heavy (non-hydrogen) atoms. The van der Waals surface area contributed by atoms with E-state index in [1.54, 1.807) is 0 Å². The quantitative estimate of drug-likeness (QED) is 0.0740. The van der Waals surface area contributed by atoms with Crippen molar-refractivity contribution in [2.75, 3.05) is 28.2 Å². The fourth-order valence-electron chi connectivity index (χ4n) is 12.0. The van der Waals surface area contributed by atoms with Gasteiger partial charge in [-0.05, 0) is 101 Å². The van der Waals surface area contributed by atoms with Crippen molar-refractivity contribution in [2.24, 2.45) is 58.8 Å². The SMILES string of the molecule is CN(C)[C@@H]1C(=O)C(C(N)=O)C(=O)[C@@]2(O)C(=O)C3C(=O)c4c(O)ccc(C#CCCC#Cc5ccc(O)c6c5C[C@H]5C[C@H]7[C@H](N(C)C)C(=O)C(C(N)O)C(=O)[C@@]7(O)C(=O)C5C6=O)c4C[C@H]3C[C@@H]12. The molecule has 2 aromatic rings. The Morgan fingerprint density at radius 3 is 1.48 bits per heavy atom. The zero-order chi connectivity index (χ0) is 48.2. The third-order valence-corrected chi connectivity index (χ3v) is 14.8. The van der Waals surface area contributed by atoms with Crippen molar-refractivity contribution >= 4 is 52.2 Å². The highest BCUT2D eigenvalue weighted by atomic mass is 16.3. The number of ketones is 8. The highest BCUT2D eigenvalue weighted by Gasteiger charge is 2.71. The molecule has 1 amide bonds. The van der Waals surface area contributed by atoms with Gasteiger partial charge in [0.2, 0.25) is 5.91 Å². The third-order valence-electron chi connectivity index (χ3n) is 14.8. The van der Waals surface area contributed by atoms with Gasteiger partial charge >= 0.3 is 0 Å². The number of aliphatic hydroxyl groups excluding tert-OH is 1. The fourth-order valence-corrected chi connectivity index (χ4v) is 12.0. The Hall–Kier alpha value is -6.25. The molecule has 0 spiro atoms. The van der Waals surface area contributed by atoms with Crippen LogP contribution < -0.4 is 11.5 Å². The standard InChI is InChI=1S/C48H48N4O14/c1-51(2)35-25-17-21-15-23-19(11-13-27(53)31(23)37(55)29(21)41(59)47(25,65)43(61)33(39(35)57)45(49)63)9-7-5-6-8-10-20-12-14-28(54)32-24(20)16-22-18-26-36(52(3)4)40(58)34(46(50)64)44(62)48(26,66)42(60)30(22)38(32)56/h11-14,21-22,25-26,29-30,33-36,45,53-54,63,65-66H,5-6,15-18,49H2,1-4H3,(H2,50,64)/t21-,22-,25-,26-,29?,30?,33?,34?,35-,36-,45?,47-,48-/m0/s1. The minimum atomic E-state index is -2.85. The zero-order valence-corrected chi connectivity index (χ0v) is 36.4. The Morgan fingerprint density at radius 1 is 0.682 bits per heavy atom. The van der Waals surface area contributed by atoms with Crippen molar-refractivity contribution in [3.8, 4) is 35.2 Å². The maximum atomic E-state index is 14.1. The number of unbranched alkanes of at least 4 members (excludes halogenated alkanes) is 1. The monoisotopic (exact) mass is 904 g/mol. The van der Waals surface area contributed by atoms with Gasteiger partial charge in [0.15, 0.2) is 63.4 Å². The van der Waals surface area contributed by atoms with E-state index in [1.165, 1.54) is 62.3 Å². The highest BCUT2D eigenvalue weighted by molar-refractivity contribution is 6.32. The van der Waals surface area contributed by atoms with E-state index >= 15 is 0 Å². The molecule has 0 bridgehead atoms. The van der Waals surface area contributed by atoms with Crippen LogP contribution in [0.4, 0.5) is 0 Å². The first-order valence-corrected chi connectivity index (χ1v) is 21.5. The second-order valence-corrected chi connectivity index (χ2v) is 18.8. The minimum absolute atomic E-state index is 0.0297. The van der Waals surface area contributed by atoms with Gasteiger partial charge in [-0.3, -0.25) is 53.0 Å². The predicted molar refractivity (Wildman–Crippen MR) is 227 cm³/mol. The summed E-state index contributed by atoms with van der Waals surface area (Å²) in [6, 6.07) is 3.10. The van der Waals surface area contributed by atoms with Crippen molar-refractivity contribution in [1.82, 2.24) is 9.80 Å². The lowest BCUT2D eigenvalue weighted by Gasteiger charge is -2.53. The Balaban J connectivity index is 1.03. The van der Waals surface area contributed by atoms with Gasteiger partial charge in [-0.25, -0.2) is 0 Å². The van der Waals surface area contributed by atoms with E-state index in [0.717, 1.165) is 0 Å². The molecular formula is C48H48N4O14. The van der Waals surface area contributed by atoms with Gasteiger partial charge in [0, 0.05) is 35.8 Å². The van der Waals surface area contributed by atoms with E-state index in [0.29, 0.717) is 22.3 Å². The van der Waals surface area contributed by atoms with Gasteiger partial charge in [-0.2, -0.15) is 0 Å². The van der Waals surface area contributed by atoms with Gasteiger partial charge in [0.25, 0.3) is 0 Å². The summed E-state index contributed by atoms with van der Waals surface area (Å²) in [5.41, 5.74) is 6.41. The predicted octanol–water partition coefficient (Wildman–Crippen LogP) is -1.98. The van der Waals surface area contributed by atoms with E-state index in [2.05, 4.69) is 23.7 Å². The van der Waals surface area contributed by atoms with Crippen molar-refractivity contribution in [3.05, 3.63) is 57.6 Å². The largest absolute Gasteiger partial charge is 0.507 e. The first kappa shape index (κ1) is 46.3. The molecule has 2 aromatic carbocycles. The molecule has 4 saturated carbocycles. The van der Waals surface area contributed by atoms with Crippen molar-refractivity contribution in [1.29, 1.82) is 0 Å². The summed E-state index contributed by atoms with van der Waals surface area (Å²) in [5.74, 6) is -9.42. The van der Waals surface area contributed by atoms with E-state index in [-0.39, 0.29) is 49.7 Å². The van der Waals surface area contributed by atoms with E-state index in [9.17, 15) is 68.7 Å². The molecule has 0 radical (unpaired) electrons. The fraction of sp³-hybridized carbons (Fsp3) is 0.479. The molecule has 0 aromatic heterocycles. The number of carbonyl (C=O) groups is 9. The number of fused-ring (bicyclic) bond motifs is 6. The molecule has 8 rings (SSSR count). The molecule has 18 heteroatoms. The smallest absolute Gasteiger partial charge is 0.235 e. The van der Waals surface area contributed by atoms with Gasteiger partial charge in [-0.15, -0.1) is 0 Å². The molecule has 5 unspecified atom stereocenters. The summed E-state index contributed by atoms with van der Waals surface area (Å²) >= 11 is 0. The van der Waals surface area contributed by atoms with Crippen LogP contribution in [0.25, 0.3) is 0 Å². The lowest BCUT2D eigenvalue weighted by atomic mass is 9.52. The molecule has 0 aliphatic heterocycles. The number of carbonyl (C=O) groups excluding carboxylic acids is 9. The van der Waals surface area contributed by atoms with Crippen LogP contribution in [0.1, 0.15) is 68.7 Å². The summed E-state index contributed by atoms with van der Waals surface area (Å²) in [4.78, 5) is 126. The number of hydrogen-bond acceptors (Lipinski definition) is 17. The Bertz CT molecular complexity index is 2740. The summed E-state index contributed by atoms with van der Waals surface area (Å²) in [5, 5.41) is 55.6. The van der Waals surface area contributed by atoms with Crippen LogP contribution in [0.5, 0.6) is 11.5 Å². The van der Waals surface area contributed by atoms with E-state index in [1.807, 2.05) is 0 Å². The zero-order valence-electron chi connectivity index (χ0n) is 36.4. The second-order valence-electron chi connectivity index (χ2n) is 18.8. The number of nitrogens with two attached hydrogens (primary N) is 2. The molecular weight excluding hydrogens is 857 g/mol. The normalized spacial score (nSPS) is 33.9.